The van der Waals surface area contributed by atoms with E-state index in [4.69, 9.17) is 28.4 Å². The first-order chi connectivity index (χ1) is 30.2. The van der Waals surface area contributed by atoms with Crippen molar-refractivity contribution in [1.82, 2.24) is 35.6 Å². The van der Waals surface area contributed by atoms with E-state index < -0.39 is 90.0 Å². The van der Waals surface area contributed by atoms with E-state index in [1.165, 1.54) is 11.6 Å². The van der Waals surface area contributed by atoms with E-state index in [0.29, 0.717) is 18.7 Å². The number of hydrazine groups is 1. The van der Waals surface area contributed by atoms with Gasteiger partial charge in [0.1, 0.15) is 30.6 Å². The third-order valence-corrected chi connectivity index (χ3v) is 13.3. The first kappa shape index (κ1) is 51.6. The molecule has 19 nitrogen and oxygen atoms in total. The van der Waals surface area contributed by atoms with Crippen LogP contribution in [0, 0.1) is 17.8 Å². The molecule has 65 heavy (non-hydrogen) atoms. The number of hydrogen-bond acceptors (Lipinski definition) is 16. The number of ether oxygens (including phenoxy) is 6. The number of esters is 1. The summed E-state index contributed by atoms with van der Waals surface area (Å²) < 4.78 is 37.9. The third-order valence-electron chi connectivity index (χ3n) is 13.3. The molecule has 3 saturated heterocycles. The van der Waals surface area contributed by atoms with Crippen molar-refractivity contribution < 1.29 is 57.8 Å². The molecule has 4 N–H and O–H groups in total. The Bertz CT molecular complexity index is 1960. The Balaban J connectivity index is 1.43. The van der Waals surface area contributed by atoms with Crippen molar-refractivity contribution in [3.05, 3.63) is 36.0 Å². The van der Waals surface area contributed by atoms with Gasteiger partial charge in [0.25, 0.3) is 5.91 Å². The Kier molecular flexibility index (Phi) is 16.4. The van der Waals surface area contributed by atoms with E-state index in [1.54, 1.807) is 33.9 Å². The molecule has 5 rings (SSSR count). The van der Waals surface area contributed by atoms with Gasteiger partial charge >= 0.3 is 18.2 Å². The molecule has 0 saturated carbocycles. The van der Waals surface area contributed by atoms with Gasteiger partial charge in [0.05, 0.1) is 29.9 Å². The van der Waals surface area contributed by atoms with Gasteiger partial charge < -0.3 is 43.5 Å². The van der Waals surface area contributed by atoms with Gasteiger partial charge in [0, 0.05) is 30.1 Å². The van der Waals surface area contributed by atoms with E-state index in [1.807, 2.05) is 76.0 Å². The zero-order valence-corrected chi connectivity index (χ0v) is 40.6. The fraction of sp³-hybridized carbons (Fsp3) is 0.739. The third kappa shape index (κ3) is 12.1. The van der Waals surface area contributed by atoms with Crippen LogP contribution < -0.4 is 10.9 Å². The lowest BCUT2D eigenvalue weighted by Gasteiger charge is -2.47. The lowest BCUT2D eigenvalue weighted by atomic mass is 9.77. The first-order valence-corrected chi connectivity index (χ1v) is 22.7. The monoisotopic (exact) mass is 916 g/mol. The maximum Gasteiger partial charge on any atom is 0.509 e. The van der Waals surface area contributed by atoms with Crippen molar-refractivity contribution in [2.75, 3.05) is 27.7 Å². The molecule has 0 unspecified atom stereocenters. The van der Waals surface area contributed by atoms with E-state index in [0.717, 1.165) is 11.1 Å². The minimum atomic E-state index is -1.69. The van der Waals surface area contributed by atoms with Gasteiger partial charge in [-0.25, -0.2) is 19.7 Å². The molecule has 2 amide bonds. The van der Waals surface area contributed by atoms with E-state index in [-0.39, 0.29) is 42.9 Å². The molecular weight excluding hydrogens is 843 g/mol. The van der Waals surface area contributed by atoms with E-state index in [9.17, 15) is 29.4 Å². The summed E-state index contributed by atoms with van der Waals surface area (Å²) in [6.07, 6.45) is -6.60. The summed E-state index contributed by atoms with van der Waals surface area (Å²) in [7, 11) is 5.57. The summed E-state index contributed by atoms with van der Waals surface area (Å²) in [5, 5.41) is 32.4. The number of carbonyl (C=O) groups is 4. The average molecular weight is 916 g/mol. The van der Waals surface area contributed by atoms with Crippen LogP contribution >= 0.6 is 0 Å². The number of likely N-dealkylation sites (N-methyl/N-ethyl adjacent to an activating group) is 2. The van der Waals surface area contributed by atoms with Crippen molar-refractivity contribution in [3.63, 3.8) is 0 Å². The SMILES string of the molecule is CC[C@H]1OC(=O)[C@H](C)[C@@H](OC(=O)NNC(=O)Cn2cc(-c3ccc(C(C)(C)C)cc3)nn2)[C@H](C)[C@@H](O[C@@H]2O[C@H](C)C[C@H](N(C)C)[C@H]2O)[C@](C)(O)C[C@@H](C)CN(C)[C@H](C)[C@H]2OC(=O)O[C@@]21C. The van der Waals surface area contributed by atoms with Crippen molar-refractivity contribution in [3.8, 4) is 11.3 Å². The van der Waals surface area contributed by atoms with Crippen molar-refractivity contribution in [2.45, 2.75) is 174 Å². The van der Waals surface area contributed by atoms with Crippen LogP contribution in [-0.2, 0) is 50.0 Å². The van der Waals surface area contributed by atoms with Crippen LogP contribution in [0.3, 0.4) is 0 Å². The number of aromatic nitrogens is 3. The van der Waals surface area contributed by atoms with Gasteiger partial charge in [-0.15, -0.1) is 5.10 Å². The van der Waals surface area contributed by atoms with Crippen LogP contribution in [0.15, 0.2) is 30.5 Å². The van der Waals surface area contributed by atoms with E-state index in [2.05, 4.69) is 41.9 Å². The molecule has 1 aromatic carbocycles. The predicted molar refractivity (Wildman–Crippen MR) is 238 cm³/mol. The topological polar surface area (TPSA) is 225 Å². The number of nitrogens with one attached hydrogen (secondary N) is 2. The minimum absolute atomic E-state index is 0.0246. The summed E-state index contributed by atoms with van der Waals surface area (Å²) in [6, 6.07) is 7.16. The molecule has 0 aliphatic carbocycles. The Labute approximate surface area is 383 Å². The maximum atomic E-state index is 14.4. The van der Waals surface area contributed by atoms with Gasteiger partial charge in [0.15, 0.2) is 18.0 Å². The van der Waals surface area contributed by atoms with E-state index >= 15 is 0 Å². The molecule has 19 heteroatoms. The second-order valence-corrected chi connectivity index (χ2v) is 20.2. The lowest BCUT2D eigenvalue weighted by Crippen LogP contribution is -2.59. The summed E-state index contributed by atoms with van der Waals surface area (Å²) >= 11 is 0. The molecule has 0 spiro atoms. The number of nitrogens with zero attached hydrogens (tertiary/aromatic N) is 5. The maximum absolute atomic E-state index is 14.4. The van der Waals surface area contributed by atoms with Crippen LogP contribution in [-0.4, -0.2) is 153 Å². The number of aliphatic hydroxyl groups is 2. The molecule has 3 fully saturated rings. The molecule has 2 aromatic rings. The number of hydrogen-bond donors (Lipinski definition) is 4. The van der Waals surface area contributed by atoms with Crippen LogP contribution in [0.4, 0.5) is 9.59 Å². The van der Waals surface area contributed by atoms with Crippen LogP contribution in [0.5, 0.6) is 0 Å². The highest BCUT2D eigenvalue weighted by Gasteiger charge is 2.58. The van der Waals surface area contributed by atoms with Gasteiger partial charge in [-0.1, -0.05) is 71.0 Å². The normalized spacial score (nSPS) is 35.5. The largest absolute Gasteiger partial charge is 0.509 e. The Hall–Kier alpha value is -4.40. The minimum Gasteiger partial charge on any atom is -0.458 e. The lowest BCUT2D eigenvalue weighted by molar-refractivity contribution is -0.299. The van der Waals surface area contributed by atoms with Crippen LogP contribution in [0.1, 0.15) is 101 Å². The average Bonchev–Trinajstić information content (AvgIpc) is 3.82. The van der Waals surface area contributed by atoms with Gasteiger partial charge in [0.2, 0.25) is 0 Å². The molecule has 3 aliphatic rings. The quantitative estimate of drug-likeness (QED) is 0.166. The number of fused-ring (bicyclic) bond motifs is 1. The van der Waals surface area contributed by atoms with Crippen LogP contribution in [0.25, 0.3) is 11.3 Å². The Morgan fingerprint density at radius 1 is 1.03 bits per heavy atom. The summed E-state index contributed by atoms with van der Waals surface area (Å²) in [6.45, 7) is 20.5. The van der Waals surface area contributed by atoms with Crippen molar-refractivity contribution in [1.29, 1.82) is 0 Å². The number of amides is 2. The molecule has 0 bridgehead atoms. The highest BCUT2D eigenvalue weighted by molar-refractivity contribution is 5.79. The number of aliphatic hydroxyl groups excluding tert-OH is 1. The molecule has 4 heterocycles. The summed E-state index contributed by atoms with van der Waals surface area (Å²) in [5.74, 6) is -3.89. The number of cyclic esters (lactones) is 1. The molecular formula is C46H73N7O12. The fourth-order valence-electron chi connectivity index (χ4n) is 9.65. The molecule has 14 atom stereocenters. The second kappa shape index (κ2) is 20.6. The summed E-state index contributed by atoms with van der Waals surface area (Å²) in [5.41, 5.74) is 4.03. The highest BCUT2D eigenvalue weighted by Crippen LogP contribution is 2.40. The number of benzene rings is 1. The Morgan fingerprint density at radius 3 is 2.31 bits per heavy atom. The first-order valence-electron chi connectivity index (χ1n) is 22.7. The standard InChI is InChI=1S/C46H73N7O12/c1-15-34-46(11)39(64-43(58)65-46)29(6)52(14)22-25(2)21-45(10,59)38(63-41-36(55)33(51(12)13)20-26(3)60-41)27(4)37(28(5)40(56)61-34)62-42(57)49-48-35(54)24-53-23-32(47-50-53)30-16-18-31(19-17-30)44(7,8)9/h16-19,23,25-29,33-34,36-39,41,55,59H,15,20-22,24H2,1-14H3,(H,48,54)(H,49,57)/t25-,26-,27+,28-,29-,33+,34-,36-,37+,38-,39-,41+,45-,46-/m1/s1. The smallest absolute Gasteiger partial charge is 0.458 e. The number of rotatable bonds is 8. The molecule has 0 radical (unpaired) electrons. The highest BCUT2D eigenvalue weighted by atomic mass is 16.8. The summed E-state index contributed by atoms with van der Waals surface area (Å²) in [4.78, 5) is 57.9. The molecule has 3 aliphatic heterocycles. The van der Waals surface area contributed by atoms with Crippen molar-refractivity contribution in [2.24, 2.45) is 17.8 Å². The Morgan fingerprint density at radius 2 is 1.69 bits per heavy atom. The predicted octanol–water partition coefficient (Wildman–Crippen LogP) is 4.18. The second-order valence-electron chi connectivity index (χ2n) is 20.2. The van der Waals surface area contributed by atoms with Crippen molar-refractivity contribution >= 4 is 24.1 Å². The zero-order valence-electron chi connectivity index (χ0n) is 40.6. The molecule has 364 valence electrons. The van der Waals surface area contributed by atoms with Crippen LogP contribution in [0.2, 0.25) is 0 Å². The molecule has 1 aromatic heterocycles. The van der Waals surface area contributed by atoms with Gasteiger partial charge in [-0.2, -0.15) is 0 Å². The number of carbonyl (C=O) groups excluding carboxylic acids is 4. The van der Waals surface area contributed by atoms with Gasteiger partial charge in [-0.05, 0) is 91.9 Å². The van der Waals surface area contributed by atoms with Gasteiger partial charge in [-0.3, -0.25) is 19.9 Å². The zero-order chi connectivity index (χ0) is 48.3. The fourth-order valence-corrected chi connectivity index (χ4v) is 9.65.